The Labute approximate surface area is 155 Å². The number of carbonyl (C=O) groups is 2. The number of carbonyl (C=O) groups excluding carboxylic acids is 2. The highest BCUT2D eigenvalue weighted by atomic mass is 16.2. The summed E-state index contributed by atoms with van der Waals surface area (Å²) in [6.45, 7) is 6.89. The van der Waals surface area contributed by atoms with Crippen molar-refractivity contribution in [3.63, 3.8) is 0 Å². The van der Waals surface area contributed by atoms with Gasteiger partial charge < -0.3 is 10.6 Å². The lowest BCUT2D eigenvalue weighted by atomic mass is 10.1. The van der Waals surface area contributed by atoms with Crippen LogP contribution >= 0.6 is 0 Å². The zero-order chi connectivity index (χ0) is 19.1. The zero-order valence-electron chi connectivity index (χ0n) is 15.9. The third-order valence-corrected chi connectivity index (χ3v) is 3.84. The van der Waals surface area contributed by atoms with Crippen LogP contribution in [0.2, 0.25) is 0 Å². The van der Waals surface area contributed by atoms with Gasteiger partial charge in [-0.3, -0.25) is 14.5 Å². The van der Waals surface area contributed by atoms with Crippen molar-refractivity contribution >= 4 is 17.5 Å². The molecule has 2 rings (SSSR count). The van der Waals surface area contributed by atoms with E-state index in [1.54, 1.807) is 24.3 Å². The average Bonchev–Trinajstić information content (AvgIpc) is 2.56. The third kappa shape index (κ3) is 6.33. The number of amides is 2. The maximum Gasteiger partial charge on any atom is 0.251 e. The number of hydrogen-bond acceptors (Lipinski definition) is 3. The fraction of sp³-hybridized carbons (Fsp3) is 0.333. The summed E-state index contributed by atoms with van der Waals surface area (Å²) in [6, 6.07) is 15.3. The summed E-state index contributed by atoms with van der Waals surface area (Å²) < 4.78 is 0. The first-order chi connectivity index (χ1) is 12.3. The molecule has 0 atom stereocenters. The molecule has 5 heteroatoms. The Kier molecular flexibility index (Phi) is 6.92. The van der Waals surface area contributed by atoms with Crippen LogP contribution in [0.25, 0.3) is 0 Å². The second-order valence-electron chi connectivity index (χ2n) is 6.91. The SMILES string of the molecule is Cc1ccc(CN(C)CC(=O)Nc2ccc(C(=O)NC(C)C)cc2)cc1. The molecule has 0 bridgehead atoms. The molecule has 0 unspecified atom stereocenters. The van der Waals surface area contributed by atoms with E-state index in [1.165, 1.54) is 11.1 Å². The first-order valence-corrected chi connectivity index (χ1v) is 8.78. The van der Waals surface area contributed by atoms with E-state index in [9.17, 15) is 9.59 Å². The summed E-state index contributed by atoms with van der Waals surface area (Å²) in [5, 5.41) is 5.70. The largest absolute Gasteiger partial charge is 0.350 e. The van der Waals surface area contributed by atoms with Crippen molar-refractivity contribution in [3.05, 3.63) is 65.2 Å². The van der Waals surface area contributed by atoms with Gasteiger partial charge in [0.2, 0.25) is 5.91 Å². The highest BCUT2D eigenvalue weighted by Gasteiger charge is 2.09. The van der Waals surface area contributed by atoms with Crippen molar-refractivity contribution in [2.75, 3.05) is 18.9 Å². The van der Waals surface area contributed by atoms with E-state index in [0.29, 0.717) is 24.3 Å². The lowest BCUT2D eigenvalue weighted by molar-refractivity contribution is -0.117. The van der Waals surface area contributed by atoms with Crippen molar-refractivity contribution < 1.29 is 9.59 Å². The van der Waals surface area contributed by atoms with E-state index in [2.05, 4.69) is 41.8 Å². The van der Waals surface area contributed by atoms with Crippen LogP contribution in [0.1, 0.15) is 35.3 Å². The molecule has 0 heterocycles. The second kappa shape index (κ2) is 9.15. The Morgan fingerprint density at radius 2 is 1.62 bits per heavy atom. The van der Waals surface area contributed by atoms with E-state index in [4.69, 9.17) is 0 Å². The molecule has 0 fully saturated rings. The molecule has 0 aliphatic carbocycles. The standard InChI is InChI=1S/C21H27N3O2/c1-15(2)22-21(26)18-9-11-19(12-10-18)23-20(25)14-24(4)13-17-7-5-16(3)6-8-17/h5-12,15H,13-14H2,1-4H3,(H,22,26)(H,23,25). The van der Waals surface area contributed by atoms with E-state index in [1.807, 2.05) is 25.8 Å². The maximum atomic E-state index is 12.2. The van der Waals surface area contributed by atoms with Gasteiger partial charge in [-0.1, -0.05) is 29.8 Å². The van der Waals surface area contributed by atoms with Crippen molar-refractivity contribution in [1.82, 2.24) is 10.2 Å². The number of rotatable bonds is 7. The molecule has 2 aromatic rings. The van der Waals surface area contributed by atoms with Gasteiger partial charge in [0.15, 0.2) is 0 Å². The zero-order valence-corrected chi connectivity index (χ0v) is 15.9. The summed E-state index contributed by atoms with van der Waals surface area (Å²) in [5.41, 5.74) is 3.65. The molecule has 0 saturated heterocycles. The summed E-state index contributed by atoms with van der Waals surface area (Å²) in [4.78, 5) is 26.1. The number of likely N-dealkylation sites (N-methyl/N-ethyl adjacent to an activating group) is 1. The predicted octanol–water partition coefficient (Wildman–Crippen LogP) is 3.20. The van der Waals surface area contributed by atoms with Gasteiger partial charge in [-0.05, 0) is 57.6 Å². The van der Waals surface area contributed by atoms with Crippen LogP contribution in [-0.4, -0.2) is 36.3 Å². The van der Waals surface area contributed by atoms with Crippen LogP contribution in [0.4, 0.5) is 5.69 Å². The number of hydrogen-bond donors (Lipinski definition) is 2. The van der Waals surface area contributed by atoms with Gasteiger partial charge in [-0.15, -0.1) is 0 Å². The summed E-state index contributed by atoms with van der Waals surface area (Å²) in [6.07, 6.45) is 0. The number of benzene rings is 2. The average molecular weight is 353 g/mol. The van der Waals surface area contributed by atoms with Gasteiger partial charge in [-0.25, -0.2) is 0 Å². The molecule has 26 heavy (non-hydrogen) atoms. The number of nitrogens with one attached hydrogen (secondary N) is 2. The molecule has 2 amide bonds. The van der Waals surface area contributed by atoms with Crippen LogP contribution in [0, 0.1) is 6.92 Å². The smallest absolute Gasteiger partial charge is 0.251 e. The van der Waals surface area contributed by atoms with Crippen LogP contribution in [0.3, 0.4) is 0 Å². The summed E-state index contributed by atoms with van der Waals surface area (Å²) in [5.74, 6) is -0.199. The third-order valence-electron chi connectivity index (χ3n) is 3.84. The molecule has 2 aromatic carbocycles. The molecule has 138 valence electrons. The van der Waals surface area contributed by atoms with Gasteiger partial charge in [0.05, 0.1) is 6.54 Å². The molecule has 0 aliphatic heterocycles. The monoisotopic (exact) mass is 353 g/mol. The highest BCUT2D eigenvalue weighted by molar-refractivity contribution is 5.96. The molecular formula is C21H27N3O2. The van der Waals surface area contributed by atoms with Crippen molar-refractivity contribution in [2.24, 2.45) is 0 Å². The first-order valence-electron chi connectivity index (χ1n) is 8.78. The number of aryl methyl sites for hydroxylation is 1. The Hall–Kier alpha value is -2.66. The molecule has 0 radical (unpaired) electrons. The quantitative estimate of drug-likeness (QED) is 0.803. The van der Waals surface area contributed by atoms with Gasteiger partial charge in [-0.2, -0.15) is 0 Å². The maximum absolute atomic E-state index is 12.2. The number of nitrogens with zero attached hydrogens (tertiary/aromatic N) is 1. The topological polar surface area (TPSA) is 61.4 Å². The lowest BCUT2D eigenvalue weighted by Crippen LogP contribution is -2.30. The second-order valence-corrected chi connectivity index (χ2v) is 6.91. The number of anilines is 1. The van der Waals surface area contributed by atoms with Crippen molar-refractivity contribution in [3.8, 4) is 0 Å². The minimum absolute atomic E-state index is 0.0843. The Balaban J connectivity index is 1.85. The van der Waals surface area contributed by atoms with E-state index in [0.717, 1.165) is 0 Å². The Morgan fingerprint density at radius 3 is 2.19 bits per heavy atom. The normalized spacial score (nSPS) is 10.8. The predicted molar refractivity (Wildman–Crippen MR) is 105 cm³/mol. The first kappa shape index (κ1) is 19.7. The highest BCUT2D eigenvalue weighted by Crippen LogP contribution is 2.10. The van der Waals surface area contributed by atoms with Gasteiger partial charge in [0, 0.05) is 23.8 Å². The van der Waals surface area contributed by atoms with Crippen LogP contribution < -0.4 is 10.6 Å². The lowest BCUT2D eigenvalue weighted by Gasteiger charge is -2.16. The molecule has 2 N–H and O–H groups in total. The summed E-state index contributed by atoms with van der Waals surface area (Å²) >= 11 is 0. The van der Waals surface area contributed by atoms with Crippen LogP contribution in [-0.2, 0) is 11.3 Å². The molecule has 0 saturated carbocycles. The Morgan fingerprint density at radius 1 is 1.00 bits per heavy atom. The fourth-order valence-corrected chi connectivity index (χ4v) is 2.56. The minimum Gasteiger partial charge on any atom is -0.350 e. The van der Waals surface area contributed by atoms with Crippen molar-refractivity contribution in [2.45, 2.75) is 33.4 Å². The molecule has 5 nitrogen and oxygen atoms in total. The molecule has 0 spiro atoms. The Bertz CT molecular complexity index is 737. The van der Waals surface area contributed by atoms with Gasteiger partial charge >= 0.3 is 0 Å². The van der Waals surface area contributed by atoms with E-state index < -0.39 is 0 Å². The van der Waals surface area contributed by atoms with Crippen molar-refractivity contribution in [1.29, 1.82) is 0 Å². The fourth-order valence-electron chi connectivity index (χ4n) is 2.56. The molecule has 0 aromatic heterocycles. The van der Waals surface area contributed by atoms with E-state index in [-0.39, 0.29) is 17.9 Å². The van der Waals surface area contributed by atoms with Crippen LogP contribution in [0.5, 0.6) is 0 Å². The van der Waals surface area contributed by atoms with Gasteiger partial charge in [0.1, 0.15) is 0 Å². The molecule has 0 aliphatic rings. The van der Waals surface area contributed by atoms with E-state index >= 15 is 0 Å². The summed E-state index contributed by atoms with van der Waals surface area (Å²) in [7, 11) is 1.92. The molecular weight excluding hydrogens is 326 g/mol. The van der Waals surface area contributed by atoms with Crippen LogP contribution in [0.15, 0.2) is 48.5 Å². The van der Waals surface area contributed by atoms with Gasteiger partial charge in [0.25, 0.3) is 5.91 Å². The minimum atomic E-state index is -0.115.